The predicted octanol–water partition coefficient (Wildman–Crippen LogP) is 5.09. The molecule has 2 aromatic heterocycles. The number of rotatable bonds is 2. The number of thiophene rings is 2. The fraction of sp³-hybridized carbons (Fsp3) is 0.118. The fourth-order valence-corrected chi connectivity index (χ4v) is 4.88. The molecule has 1 aromatic carbocycles. The van der Waals surface area contributed by atoms with Gasteiger partial charge in [0.25, 0.3) is 0 Å². The average molecular weight is 329 g/mol. The minimum atomic E-state index is -0.269. The van der Waals surface area contributed by atoms with Crippen molar-refractivity contribution in [3.05, 3.63) is 62.7 Å². The van der Waals surface area contributed by atoms with E-state index in [0.717, 1.165) is 21.7 Å². The minimum absolute atomic E-state index is 0.0157. The number of anilines is 1. The average Bonchev–Trinajstić information content (AvgIpc) is 3.16. The van der Waals surface area contributed by atoms with Gasteiger partial charge in [-0.2, -0.15) is 0 Å². The first kappa shape index (κ1) is 13.7. The molecule has 0 unspecified atom stereocenters. The van der Waals surface area contributed by atoms with Crippen molar-refractivity contribution in [2.45, 2.75) is 12.3 Å². The normalized spacial score (nSPS) is 17.1. The first-order valence-electron chi connectivity index (χ1n) is 6.93. The maximum atomic E-state index is 13.5. The van der Waals surface area contributed by atoms with Crippen molar-refractivity contribution in [2.24, 2.45) is 0 Å². The maximum Gasteiger partial charge on any atom is 0.225 e. The molecule has 22 heavy (non-hydrogen) atoms. The maximum absolute atomic E-state index is 13.5. The highest BCUT2D eigenvalue weighted by molar-refractivity contribution is 7.12. The van der Waals surface area contributed by atoms with E-state index in [0.29, 0.717) is 6.42 Å². The second-order valence-electron chi connectivity index (χ2n) is 5.22. The van der Waals surface area contributed by atoms with E-state index in [2.05, 4.69) is 11.4 Å². The van der Waals surface area contributed by atoms with Crippen LogP contribution in [0.25, 0.3) is 11.1 Å². The number of halogens is 1. The molecule has 0 bridgehead atoms. The van der Waals surface area contributed by atoms with Gasteiger partial charge in [-0.1, -0.05) is 18.2 Å². The molecule has 110 valence electrons. The fourth-order valence-electron chi connectivity index (χ4n) is 2.81. The molecule has 0 fully saturated rings. The summed E-state index contributed by atoms with van der Waals surface area (Å²) in [7, 11) is 0. The van der Waals surface area contributed by atoms with E-state index in [1.54, 1.807) is 28.7 Å². The number of benzene rings is 1. The van der Waals surface area contributed by atoms with Gasteiger partial charge in [0.15, 0.2) is 0 Å². The summed E-state index contributed by atoms with van der Waals surface area (Å²) >= 11 is 3.30. The zero-order valence-electron chi connectivity index (χ0n) is 11.5. The molecular formula is C17H12FNOS2. The molecule has 0 radical (unpaired) electrons. The van der Waals surface area contributed by atoms with Crippen molar-refractivity contribution in [1.82, 2.24) is 0 Å². The molecule has 1 aliphatic heterocycles. The summed E-state index contributed by atoms with van der Waals surface area (Å²) in [6.45, 7) is 0. The summed E-state index contributed by atoms with van der Waals surface area (Å²) in [6.07, 6.45) is 0.469. The van der Waals surface area contributed by atoms with Crippen molar-refractivity contribution < 1.29 is 9.18 Å². The van der Waals surface area contributed by atoms with E-state index in [-0.39, 0.29) is 17.6 Å². The zero-order chi connectivity index (χ0) is 15.1. The summed E-state index contributed by atoms with van der Waals surface area (Å²) < 4.78 is 13.5. The van der Waals surface area contributed by atoms with Crippen LogP contribution in [0.1, 0.15) is 22.1 Å². The molecule has 2 nitrogen and oxygen atoms in total. The van der Waals surface area contributed by atoms with Crippen LogP contribution in [0, 0.1) is 5.82 Å². The first-order valence-corrected chi connectivity index (χ1v) is 8.69. The Labute approximate surface area is 135 Å². The highest BCUT2D eigenvalue weighted by atomic mass is 32.1. The van der Waals surface area contributed by atoms with Crippen LogP contribution in [0.4, 0.5) is 10.1 Å². The Bertz CT molecular complexity index is 838. The number of carbonyl (C=O) groups is 1. The SMILES string of the molecule is O=C1C[C@@H](c2cccs2)c2scc(-c3cccc(F)c3)c2N1. The van der Waals surface area contributed by atoms with E-state index in [4.69, 9.17) is 0 Å². The van der Waals surface area contributed by atoms with Gasteiger partial charge in [0.2, 0.25) is 5.91 Å². The van der Waals surface area contributed by atoms with Crippen molar-refractivity contribution in [2.75, 3.05) is 5.32 Å². The number of fused-ring (bicyclic) bond motifs is 1. The standard InChI is InChI=1S/C17H12FNOS2/c18-11-4-1-3-10(7-11)13-9-22-17-12(14-5-2-6-21-14)8-15(20)19-16(13)17/h1-7,9,12H,8H2,(H,19,20)/t12-/m0/s1. The van der Waals surface area contributed by atoms with Crippen LogP contribution in [0.5, 0.6) is 0 Å². The molecule has 3 heterocycles. The van der Waals surface area contributed by atoms with E-state index >= 15 is 0 Å². The van der Waals surface area contributed by atoms with Crippen LogP contribution in [0.15, 0.2) is 47.2 Å². The summed E-state index contributed by atoms with van der Waals surface area (Å²) in [5.41, 5.74) is 2.53. The van der Waals surface area contributed by atoms with Gasteiger partial charge >= 0.3 is 0 Å². The van der Waals surface area contributed by atoms with Gasteiger partial charge < -0.3 is 5.32 Å². The zero-order valence-corrected chi connectivity index (χ0v) is 13.1. The van der Waals surface area contributed by atoms with Crippen LogP contribution < -0.4 is 5.32 Å². The summed E-state index contributed by atoms with van der Waals surface area (Å²) in [6, 6.07) is 10.6. The molecule has 5 heteroatoms. The molecule has 0 saturated heterocycles. The van der Waals surface area contributed by atoms with Crippen LogP contribution >= 0.6 is 22.7 Å². The van der Waals surface area contributed by atoms with Crippen LogP contribution in [-0.4, -0.2) is 5.91 Å². The highest BCUT2D eigenvalue weighted by Gasteiger charge is 2.30. The number of carbonyl (C=O) groups excluding carboxylic acids is 1. The molecule has 4 rings (SSSR count). The third-order valence-electron chi connectivity index (χ3n) is 3.81. The Balaban J connectivity index is 1.84. The molecule has 1 N–H and O–H groups in total. The van der Waals surface area contributed by atoms with Gasteiger partial charge in [-0.05, 0) is 29.1 Å². The highest BCUT2D eigenvalue weighted by Crippen LogP contribution is 2.47. The number of hydrogen-bond acceptors (Lipinski definition) is 3. The van der Waals surface area contributed by atoms with Gasteiger partial charge in [0, 0.05) is 33.0 Å². The van der Waals surface area contributed by atoms with Crippen molar-refractivity contribution in [3.8, 4) is 11.1 Å². The van der Waals surface area contributed by atoms with Crippen molar-refractivity contribution >= 4 is 34.3 Å². The largest absolute Gasteiger partial charge is 0.325 e. The lowest BCUT2D eigenvalue weighted by Gasteiger charge is -2.22. The van der Waals surface area contributed by atoms with Gasteiger partial charge in [-0.3, -0.25) is 4.79 Å². The number of nitrogens with one attached hydrogen (secondary N) is 1. The lowest BCUT2D eigenvalue weighted by molar-refractivity contribution is -0.116. The van der Waals surface area contributed by atoms with Crippen LogP contribution in [-0.2, 0) is 4.79 Å². The predicted molar refractivity (Wildman–Crippen MR) is 89.1 cm³/mol. The van der Waals surface area contributed by atoms with E-state index in [9.17, 15) is 9.18 Å². The Kier molecular flexibility index (Phi) is 3.32. The topological polar surface area (TPSA) is 29.1 Å². The number of hydrogen-bond donors (Lipinski definition) is 1. The molecule has 0 saturated carbocycles. The van der Waals surface area contributed by atoms with Gasteiger partial charge in [-0.25, -0.2) is 4.39 Å². The number of amides is 1. The first-order chi connectivity index (χ1) is 10.7. The summed E-state index contributed by atoms with van der Waals surface area (Å²) in [5.74, 6) is -0.146. The molecule has 0 spiro atoms. The van der Waals surface area contributed by atoms with Crippen LogP contribution in [0.2, 0.25) is 0 Å². The van der Waals surface area contributed by atoms with Crippen LogP contribution in [0.3, 0.4) is 0 Å². The van der Waals surface area contributed by atoms with Crippen molar-refractivity contribution in [3.63, 3.8) is 0 Å². The smallest absolute Gasteiger partial charge is 0.225 e. The second-order valence-corrected chi connectivity index (χ2v) is 7.11. The quantitative estimate of drug-likeness (QED) is 0.697. The Hall–Kier alpha value is -1.98. The van der Waals surface area contributed by atoms with E-state index in [1.807, 2.05) is 22.9 Å². The van der Waals surface area contributed by atoms with Crippen molar-refractivity contribution in [1.29, 1.82) is 0 Å². The molecular weight excluding hydrogens is 317 g/mol. The Morgan fingerprint density at radius 1 is 1.18 bits per heavy atom. The molecule has 1 amide bonds. The van der Waals surface area contributed by atoms with Gasteiger partial charge in [0.05, 0.1) is 5.69 Å². The Morgan fingerprint density at radius 2 is 2.09 bits per heavy atom. The minimum Gasteiger partial charge on any atom is -0.325 e. The van der Waals surface area contributed by atoms with E-state index in [1.165, 1.54) is 17.0 Å². The second kappa shape index (κ2) is 5.34. The van der Waals surface area contributed by atoms with Gasteiger partial charge in [-0.15, -0.1) is 22.7 Å². The Morgan fingerprint density at radius 3 is 2.86 bits per heavy atom. The molecule has 3 aromatic rings. The monoisotopic (exact) mass is 329 g/mol. The van der Waals surface area contributed by atoms with E-state index < -0.39 is 0 Å². The summed E-state index contributed by atoms with van der Waals surface area (Å²) in [5, 5.41) is 7.01. The third kappa shape index (κ3) is 2.26. The molecule has 1 aliphatic rings. The lowest BCUT2D eigenvalue weighted by atomic mass is 9.94. The lowest BCUT2D eigenvalue weighted by Crippen LogP contribution is -2.21. The summed E-state index contributed by atoms with van der Waals surface area (Å²) in [4.78, 5) is 14.5. The molecule has 1 atom stereocenters. The van der Waals surface area contributed by atoms with Gasteiger partial charge in [0.1, 0.15) is 5.82 Å². The molecule has 0 aliphatic carbocycles. The third-order valence-corrected chi connectivity index (χ3v) is 5.89.